The molecule has 3 rings (SSSR count). The SMILES string of the molecule is O=C(O)CC1CCCN1C(=O)c1ccc(-n2ccnc2)cc1. The molecule has 0 radical (unpaired) electrons. The van der Waals surface area contributed by atoms with Crippen LogP contribution in [0.25, 0.3) is 5.69 Å². The van der Waals surface area contributed by atoms with Crippen LogP contribution in [0.5, 0.6) is 0 Å². The Hall–Kier alpha value is -2.63. The summed E-state index contributed by atoms with van der Waals surface area (Å²) in [6, 6.07) is 7.06. The van der Waals surface area contributed by atoms with Gasteiger partial charge in [0.1, 0.15) is 0 Å². The Morgan fingerprint density at radius 3 is 2.68 bits per heavy atom. The summed E-state index contributed by atoms with van der Waals surface area (Å²) in [5.74, 6) is -0.957. The van der Waals surface area contributed by atoms with Crippen molar-refractivity contribution in [2.24, 2.45) is 0 Å². The third-order valence-electron chi connectivity index (χ3n) is 3.97. The second kappa shape index (κ2) is 6.01. The summed E-state index contributed by atoms with van der Waals surface area (Å²) in [5, 5.41) is 8.94. The van der Waals surface area contributed by atoms with Crippen molar-refractivity contribution in [3.63, 3.8) is 0 Å². The first kappa shape index (κ1) is 14.3. The van der Waals surface area contributed by atoms with E-state index in [-0.39, 0.29) is 18.4 Å². The first-order valence-electron chi connectivity index (χ1n) is 7.26. The van der Waals surface area contributed by atoms with Crippen LogP contribution in [0.3, 0.4) is 0 Å². The van der Waals surface area contributed by atoms with Gasteiger partial charge in [-0.15, -0.1) is 0 Å². The number of benzene rings is 1. The number of amides is 1. The Labute approximate surface area is 128 Å². The number of hydrogen-bond donors (Lipinski definition) is 1. The first-order chi connectivity index (χ1) is 10.6. The molecule has 1 aromatic carbocycles. The molecule has 1 N–H and O–H groups in total. The van der Waals surface area contributed by atoms with Crippen LogP contribution in [-0.4, -0.2) is 44.0 Å². The van der Waals surface area contributed by atoms with Gasteiger partial charge in [0.2, 0.25) is 0 Å². The van der Waals surface area contributed by atoms with Gasteiger partial charge in [-0.25, -0.2) is 4.98 Å². The first-order valence-corrected chi connectivity index (χ1v) is 7.26. The van der Waals surface area contributed by atoms with Crippen LogP contribution in [-0.2, 0) is 4.79 Å². The van der Waals surface area contributed by atoms with Crippen LogP contribution in [0.1, 0.15) is 29.6 Å². The Balaban J connectivity index is 1.76. The van der Waals surface area contributed by atoms with Gasteiger partial charge >= 0.3 is 5.97 Å². The number of carbonyl (C=O) groups is 2. The molecule has 22 heavy (non-hydrogen) atoms. The van der Waals surface area contributed by atoms with Gasteiger partial charge in [-0.3, -0.25) is 9.59 Å². The van der Waals surface area contributed by atoms with Gasteiger partial charge in [0.25, 0.3) is 5.91 Å². The number of aromatic nitrogens is 2. The third-order valence-corrected chi connectivity index (χ3v) is 3.97. The molecule has 1 unspecified atom stereocenters. The largest absolute Gasteiger partial charge is 0.481 e. The van der Waals surface area contributed by atoms with Gasteiger partial charge in [-0.2, -0.15) is 0 Å². The number of hydrogen-bond acceptors (Lipinski definition) is 3. The molecule has 1 aliphatic rings. The molecule has 1 atom stereocenters. The lowest BCUT2D eigenvalue weighted by Gasteiger charge is -2.23. The zero-order valence-corrected chi connectivity index (χ0v) is 12.1. The van der Waals surface area contributed by atoms with Gasteiger partial charge < -0.3 is 14.6 Å². The average Bonchev–Trinajstić information content (AvgIpc) is 3.17. The Morgan fingerprint density at radius 1 is 1.27 bits per heavy atom. The summed E-state index contributed by atoms with van der Waals surface area (Å²) in [5.41, 5.74) is 1.51. The fraction of sp³-hybridized carbons (Fsp3) is 0.312. The van der Waals surface area contributed by atoms with Crippen LogP contribution >= 0.6 is 0 Å². The maximum atomic E-state index is 12.6. The Kier molecular flexibility index (Phi) is 3.91. The van der Waals surface area contributed by atoms with Crippen LogP contribution in [0.2, 0.25) is 0 Å². The predicted molar refractivity (Wildman–Crippen MR) is 79.9 cm³/mol. The number of nitrogens with zero attached hydrogens (tertiary/aromatic N) is 3. The number of rotatable bonds is 4. The minimum atomic E-state index is -0.861. The van der Waals surface area contributed by atoms with Crippen LogP contribution in [0, 0.1) is 0 Å². The Bertz CT molecular complexity index is 664. The second-order valence-corrected chi connectivity index (χ2v) is 5.41. The van der Waals surface area contributed by atoms with Crippen molar-refractivity contribution < 1.29 is 14.7 Å². The summed E-state index contributed by atoms with van der Waals surface area (Å²) in [6.07, 6.45) is 6.85. The van der Waals surface area contributed by atoms with E-state index in [2.05, 4.69) is 4.98 Å². The van der Waals surface area contributed by atoms with Crippen LogP contribution in [0.15, 0.2) is 43.0 Å². The highest BCUT2D eigenvalue weighted by atomic mass is 16.4. The zero-order chi connectivity index (χ0) is 15.5. The third kappa shape index (κ3) is 2.86. The van der Waals surface area contributed by atoms with Crippen molar-refractivity contribution in [1.82, 2.24) is 14.5 Å². The molecular weight excluding hydrogens is 282 g/mol. The van der Waals surface area contributed by atoms with E-state index in [0.29, 0.717) is 12.1 Å². The molecule has 0 bridgehead atoms. The van der Waals surface area contributed by atoms with E-state index in [1.54, 1.807) is 29.6 Å². The molecule has 0 spiro atoms. The lowest BCUT2D eigenvalue weighted by Crippen LogP contribution is -2.36. The summed E-state index contributed by atoms with van der Waals surface area (Å²) >= 11 is 0. The van der Waals surface area contributed by atoms with Crippen molar-refractivity contribution in [3.05, 3.63) is 48.5 Å². The highest BCUT2D eigenvalue weighted by molar-refractivity contribution is 5.95. The molecule has 0 aliphatic carbocycles. The molecule has 1 aliphatic heterocycles. The van der Waals surface area contributed by atoms with Gasteiger partial charge in [-0.05, 0) is 37.1 Å². The fourth-order valence-corrected chi connectivity index (χ4v) is 2.87. The summed E-state index contributed by atoms with van der Waals surface area (Å²) in [6.45, 7) is 0.625. The van der Waals surface area contributed by atoms with Crippen molar-refractivity contribution in [2.45, 2.75) is 25.3 Å². The summed E-state index contributed by atoms with van der Waals surface area (Å²) < 4.78 is 1.86. The van der Waals surface area contributed by atoms with Crippen molar-refractivity contribution in [2.75, 3.05) is 6.54 Å². The monoisotopic (exact) mass is 299 g/mol. The van der Waals surface area contributed by atoms with E-state index in [1.165, 1.54) is 0 Å². The maximum absolute atomic E-state index is 12.6. The molecule has 2 aromatic rings. The van der Waals surface area contributed by atoms with Crippen molar-refractivity contribution in [1.29, 1.82) is 0 Å². The van der Waals surface area contributed by atoms with Gasteiger partial charge in [0.15, 0.2) is 0 Å². The van der Waals surface area contributed by atoms with Gasteiger partial charge in [-0.1, -0.05) is 0 Å². The number of carbonyl (C=O) groups excluding carboxylic acids is 1. The normalized spacial score (nSPS) is 17.6. The molecule has 114 valence electrons. The molecule has 6 nitrogen and oxygen atoms in total. The predicted octanol–water partition coefficient (Wildman–Crippen LogP) is 1.95. The summed E-state index contributed by atoms with van der Waals surface area (Å²) in [4.78, 5) is 29.1. The zero-order valence-electron chi connectivity index (χ0n) is 12.1. The molecule has 1 amide bonds. The highest BCUT2D eigenvalue weighted by Gasteiger charge is 2.30. The van der Waals surface area contributed by atoms with E-state index in [1.807, 2.05) is 22.9 Å². The molecule has 1 fully saturated rings. The van der Waals surface area contributed by atoms with Gasteiger partial charge in [0.05, 0.1) is 12.7 Å². The molecule has 2 heterocycles. The average molecular weight is 299 g/mol. The Morgan fingerprint density at radius 2 is 2.05 bits per heavy atom. The molecule has 0 saturated carbocycles. The van der Waals surface area contributed by atoms with Gasteiger partial charge in [0, 0.05) is 36.2 Å². The smallest absolute Gasteiger partial charge is 0.305 e. The number of carboxylic acids is 1. The van der Waals surface area contributed by atoms with E-state index in [0.717, 1.165) is 18.5 Å². The molecular formula is C16H17N3O3. The topological polar surface area (TPSA) is 75.4 Å². The highest BCUT2D eigenvalue weighted by Crippen LogP contribution is 2.23. The molecule has 1 aromatic heterocycles. The standard InChI is InChI=1S/C16H17N3O3/c20-15(21)10-14-2-1-8-19(14)16(22)12-3-5-13(6-4-12)18-9-7-17-11-18/h3-7,9,11,14H,1-2,8,10H2,(H,20,21). The number of imidazole rings is 1. The fourth-order valence-electron chi connectivity index (χ4n) is 2.87. The van der Waals surface area contributed by atoms with Crippen molar-refractivity contribution >= 4 is 11.9 Å². The quantitative estimate of drug-likeness (QED) is 0.936. The van der Waals surface area contributed by atoms with Crippen molar-refractivity contribution in [3.8, 4) is 5.69 Å². The van der Waals surface area contributed by atoms with E-state index >= 15 is 0 Å². The van der Waals surface area contributed by atoms with E-state index in [4.69, 9.17) is 5.11 Å². The molecule has 6 heteroatoms. The molecule has 1 saturated heterocycles. The number of likely N-dealkylation sites (tertiary alicyclic amines) is 1. The number of aliphatic carboxylic acids is 1. The lowest BCUT2D eigenvalue weighted by atomic mass is 10.1. The maximum Gasteiger partial charge on any atom is 0.305 e. The van der Waals surface area contributed by atoms with Crippen LogP contribution in [0.4, 0.5) is 0 Å². The lowest BCUT2D eigenvalue weighted by molar-refractivity contribution is -0.137. The number of carboxylic acid groups (broad SMARTS) is 1. The summed E-state index contributed by atoms with van der Waals surface area (Å²) in [7, 11) is 0. The van der Waals surface area contributed by atoms with Crippen LogP contribution < -0.4 is 0 Å². The van der Waals surface area contributed by atoms with E-state index in [9.17, 15) is 9.59 Å². The minimum absolute atomic E-state index is 0.0128. The van der Waals surface area contributed by atoms with E-state index < -0.39 is 5.97 Å². The second-order valence-electron chi connectivity index (χ2n) is 5.41. The minimum Gasteiger partial charge on any atom is -0.481 e.